The van der Waals surface area contributed by atoms with Crippen LogP contribution < -0.4 is 5.32 Å². The van der Waals surface area contributed by atoms with Gasteiger partial charge in [-0.05, 0) is 48.6 Å². The van der Waals surface area contributed by atoms with Gasteiger partial charge in [0.05, 0.1) is 5.69 Å². The minimum Gasteiger partial charge on any atom is -0.446 e. The number of likely N-dealkylation sites (tertiary alicyclic amines) is 1. The maximum Gasteiger partial charge on any atom is 0.411 e. The molecule has 37 heavy (non-hydrogen) atoms. The van der Waals surface area contributed by atoms with Crippen molar-refractivity contribution >= 4 is 24.0 Å². The van der Waals surface area contributed by atoms with E-state index in [0.717, 1.165) is 67.6 Å². The molecule has 2 heterocycles. The summed E-state index contributed by atoms with van der Waals surface area (Å²) in [5, 5.41) is 2.92. The van der Waals surface area contributed by atoms with Crippen LogP contribution in [0.1, 0.15) is 39.1 Å². The summed E-state index contributed by atoms with van der Waals surface area (Å²) in [7, 11) is 0. The first-order valence-corrected chi connectivity index (χ1v) is 12.8. The average molecular weight is 498 g/mol. The summed E-state index contributed by atoms with van der Waals surface area (Å²) in [6, 6.07) is 22.9. The highest BCUT2D eigenvalue weighted by molar-refractivity contribution is 5.97. The normalized spacial score (nSPS) is 16.2. The lowest BCUT2D eigenvalue weighted by Crippen LogP contribution is -2.45. The standard InChI is InChI=1S/C30H31N3O4/c34-21-22-10-11-27-24(20-22)12-17-33(29(27)35)19-18-32-15-13-25(14-16-32)37-30(36)31-28-9-5-4-8-26(28)23-6-2-1-3-7-23/h1-11,20-21,25H,12-19H2,(H,31,36). The van der Waals surface area contributed by atoms with E-state index in [4.69, 9.17) is 4.74 Å². The van der Waals surface area contributed by atoms with Crippen molar-refractivity contribution in [1.29, 1.82) is 0 Å². The second kappa shape index (κ2) is 11.4. The number of hydrogen-bond donors (Lipinski definition) is 1. The third kappa shape index (κ3) is 5.89. The monoisotopic (exact) mass is 497 g/mol. The summed E-state index contributed by atoms with van der Waals surface area (Å²) in [5.41, 5.74) is 4.98. The van der Waals surface area contributed by atoms with Gasteiger partial charge in [-0.1, -0.05) is 54.6 Å². The zero-order valence-corrected chi connectivity index (χ0v) is 20.8. The maximum absolute atomic E-state index is 12.9. The third-order valence-electron chi connectivity index (χ3n) is 7.18. The molecule has 1 N–H and O–H groups in total. The first-order chi connectivity index (χ1) is 18.1. The van der Waals surface area contributed by atoms with Crippen LogP contribution in [0.15, 0.2) is 72.8 Å². The topological polar surface area (TPSA) is 79.0 Å². The number of hydrogen-bond acceptors (Lipinski definition) is 5. The summed E-state index contributed by atoms with van der Waals surface area (Å²) >= 11 is 0. The molecule has 0 spiro atoms. The zero-order valence-electron chi connectivity index (χ0n) is 20.8. The molecular weight excluding hydrogens is 466 g/mol. The fourth-order valence-corrected chi connectivity index (χ4v) is 5.11. The number of fused-ring (bicyclic) bond motifs is 1. The molecule has 7 nitrogen and oxygen atoms in total. The van der Waals surface area contributed by atoms with Gasteiger partial charge in [-0.15, -0.1) is 0 Å². The Morgan fingerprint density at radius 1 is 0.919 bits per heavy atom. The predicted molar refractivity (Wildman–Crippen MR) is 143 cm³/mol. The van der Waals surface area contributed by atoms with Gasteiger partial charge >= 0.3 is 6.09 Å². The lowest BCUT2D eigenvalue weighted by atomic mass is 9.97. The van der Waals surface area contributed by atoms with Gasteiger partial charge in [-0.2, -0.15) is 0 Å². The van der Waals surface area contributed by atoms with Crippen LogP contribution in [0.5, 0.6) is 0 Å². The van der Waals surface area contributed by atoms with Crippen molar-refractivity contribution in [2.75, 3.05) is 38.0 Å². The molecule has 3 aromatic carbocycles. The molecule has 0 atom stereocenters. The third-order valence-corrected chi connectivity index (χ3v) is 7.18. The van der Waals surface area contributed by atoms with Crippen LogP contribution in [0, 0.1) is 0 Å². The average Bonchev–Trinajstić information content (AvgIpc) is 2.94. The summed E-state index contributed by atoms with van der Waals surface area (Å²) in [5.74, 6) is 0.0318. The van der Waals surface area contributed by atoms with E-state index < -0.39 is 6.09 Å². The molecule has 0 aromatic heterocycles. The number of carbonyl (C=O) groups is 3. The van der Waals surface area contributed by atoms with Crippen molar-refractivity contribution in [3.63, 3.8) is 0 Å². The molecule has 0 bridgehead atoms. The Morgan fingerprint density at radius 2 is 1.68 bits per heavy atom. The van der Waals surface area contributed by atoms with E-state index in [0.29, 0.717) is 24.2 Å². The molecule has 190 valence electrons. The number of nitrogens with zero attached hydrogens (tertiary/aromatic N) is 2. The number of amides is 2. The molecule has 2 aliphatic rings. The molecule has 7 heteroatoms. The Labute approximate surface area is 217 Å². The van der Waals surface area contributed by atoms with Gasteiger partial charge in [0.25, 0.3) is 5.91 Å². The lowest BCUT2D eigenvalue weighted by molar-refractivity contribution is 0.0517. The SMILES string of the molecule is O=Cc1ccc2c(c1)CCN(CCN1CCC(OC(=O)Nc3ccccc3-c3ccccc3)CC1)C2=O. The van der Waals surface area contributed by atoms with Crippen LogP contribution in [0.25, 0.3) is 11.1 Å². The Balaban J connectivity index is 1.08. The fraction of sp³-hybridized carbons (Fsp3) is 0.300. The summed E-state index contributed by atoms with van der Waals surface area (Å²) in [6.45, 7) is 3.75. The number of ether oxygens (including phenoxy) is 1. The highest BCUT2D eigenvalue weighted by atomic mass is 16.6. The van der Waals surface area contributed by atoms with Gasteiger partial charge in [0.2, 0.25) is 0 Å². The first kappa shape index (κ1) is 24.7. The number of piperidine rings is 1. The summed E-state index contributed by atoms with van der Waals surface area (Å²) in [6.07, 6.45) is 2.55. The van der Waals surface area contributed by atoms with E-state index in [1.807, 2.05) is 65.6 Å². The quantitative estimate of drug-likeness (QED) is 0.471. The molecule has 0 unspecified atom stereocenters. The van der Waals surface area contributed by atoms with Crippen molar-refractivity contribution in [1.82, 2.24) is 9.80 Å². The van der Waals surface area contributed by atoms with Crippen LogP contribution in [-0.2, 0) is 11.2 Å². The van der Waals surface area contributed by atoms with E-state index in [9.17, 15) is 14.4 Å². The van der Waals surface area contributed by atoms with Crippen molar-refractivity contribution in [2.24, 2.45) is 0 Å². The lowest BCUT2D eigenvalue weighted by Gasteiger charge is -2.34. The predicted octanol–water partition coefficient (Wildman–Crippen LogP) is 4.88. The molecule has 1 fully saturated rings. The van der Waals surface area contributed by atoms with Gasteiger partial charge in [0, 0.05) is 49.4 Å². The fourth-order valence-electron chi connectivity index (χ4n) is 5.11. The van der Waals surface area contributed by atoms with E-state index >= 15 is 0 Å². The minimum absolute atomic E-state index is 0.0318. The van der Waals surface area contributed by atoms with Crippen LogP contribution >= 0.6 is 0 Å². The highest BCUT2D eigenvalue weighted by Gasteiger charge is 2.27. The Morgan fingerprint density at radius 3 is 2.46 bits per heavy atom. The van der Waals surface area contributed by atoms with Crippen LogP contribution in [0.2, 0.25) is 0 Å². The Hall–Kier alpha value is -3.97. The number of aldehydes is 1. The van der Waals surface area contributed by atoms with Gasteiger partial charge < -0.3 is 14.5 Å². The molecule has 1 saturated heterocycles. The van der Waals surface area contributed by atoms with Gasteiger partial charge in [-0.3, -0.25) is 14.9 Å². The molecular formula is C30H31N3O4. The molecule has 2 aliphatic heterocycles. The van der Waals surface area contributed by atoms with Crippen LogP contribution in [-0.4, -0.2) is 66.9 Å². The number of benzene rings is 3. The summed E-state index contributed by atoms with van der Waals surface area (Å²) < 4.78 is 5.74. The first-order valence-electron chi connectivity index (χ1n) is 12.8. The van der Waals surface area contributed by atoms with Gasteiger partial charge in [0.15, 0.2) is 0 Å². The zero-order chi connectivity index (χ0) is 25.6. The van der Waals surface area contributed by atoms with E-state index in [-0.39, 0.29) is 12.0 Å². The second-order valence-electron chi connectivity index (χ2n) is 9.56. The van der Waals surface area contributed by atoms with Crippen molar-refractivity contribution in [2.45, 2.75) is 25.4 Å². The molecule has 5 rings (SSSR count). The van der Waals surface area contributed by atoms with E-state index in [1.54, 1.807) is 12.1 Å². The smallest absolute Gasteiger partial charge is 0.411 e. The van der Waals surface area contributed by atoms with E-state index in [1.165, 1.54) is 0 Å². The van der Waals surface area contributed by atoms with Crippen molar-refractivity contribution in [3.8, 4) is 11.1 Å². The number of para-hydroxylation sites is 1. The number of rotatable bonds is 7. The molecule has 0 radical (unpaired) electrons. The van der Waals surface area contributed by atoms with Crippen molar-refractivity contribution < 1.29 is 19.1 Å². The second-order valence-corrected chi connectivity index (χ2v) is 9.56. The molecule has 0 aliphatic carbocycles. The van der Waals surface area contributed by atoms with Gasteiger partial charge in [-0.25, -0.2) is 4.79 Å². The summed E-state index contributed by atoms with van der Waals surface area (Å²) in [4.78, 5) is 40.8. The molecule has 0 saturated carbocycles. The number of anilines is 1. The Bertz CT molecular complexity index is 1270. The molecule has 2 amide bonds. The molecule has 3 aromatic rings. The number of nitrogens with one attached hydrogen (secondary N) is 1. The Kier molecular flexibility index (Phi) is 7.61. The highest BCUT2D eigenvalue weighted by Crippen LogP contribution is 2.28. The van der Waals surface area contributed by atoms with Gasteiger partial charge in [0.1, 0.15) is 12.4 Å². The maximum atomic E-state index is 12.9. The van der Waals surface area contributed by atoms with Crippen LogP contribution in [0.3, 0.4) is 0 Å². The minimum atomic E-state index is -0.433. The largest absolute Gasteiger partial charge is 0.446 e. The number of carbonyl (C=O) groups excluding carboxylic acids is 3. The van der Waals surface area contributed by atoms with Crippen LogP contribution in [0.4, 0.5) is 10.5 Å². The van der Waals surface area contributed by atoms with E-state index in [2.05, 4.69) is 10.2 Å². The van der Waals surface area contributed by atoms with Crippen molar-refractivity contribution in [3.05, 3.63) is 89.5 Å².